The van der Waals surface area contributed by atoms with E-state index in [0.29, 0.717) is 50.0 Å². The van der Waals surface area contributed by atoms with Crippen molar-refractivity contribution in [1.29, 1.82) is 0 Å². The highest BCUT2D eigenvalue weighted by Gasteiger charge is 2.52. The first-order chi connectivity index (χ1) is 36.2. The monoisotopic (exact) mass is 1090 g/mol. The van der Waals surface area contributed by atoms with Crippen LogP contribution in [0.3, 0.4) is 0 Å². The minimum Gasteiger partial charge on any atom is -0.459 e. The van der Waals surface area contributed by atoms with E-state index in [4.69, 9.17) is 23.7 Å². The van der Waals surface area contributed by atoms with E-state index in [2.05, 4.69) is 33.5 Å². The maximum atomic E-state index is 14.6. The number of carbonyl (C=O) groups is 1. The van der Waals surface area contributed by atoms with Crippen molar-refractivity contribution in [2.45, 2.75) is 210 Å². The van der Waals surface area contributed by atoms with Crippen LogP contribution in [0.4, 0.5) is 0 Å². The van der Waals surface area contributed by atoms with Gasteiger partial charge in [0.15, 0.2) is 6.29 Å². The molecule has 1 aliphatic carbocycles. The summed E-state index contributed by atoms with van der Waals surface area (Å²) < 4.78 is 34.0. The van der Waals surface area contributed by atoms with E-state index in [1.807, 2.05) is 82.8 Å². The summed E-state index contributed by atoms with van der Waals surface area (Å²) in [6.07, 6.45) is -1.69. The Morgan fingerprint density at radius 1 is 0.974 bits per heavy atom. The number of nitrogens with zero attached hydrogens (tertiary/aromatic N) is 7. The number of hydrogen-bond acceptors (Lipinski definition) is 19. The van der Waals surface area contributed by atoms with E-state index < -0.39 is 121 Å². The van der Waals surface area contributed by atoms with Gasteiger partial charge in [0.1, 0.15) is 36.0 Å². The van der Waals surface area contributed by atoms with Crippen LogP contribution in [0.15, 0.2) is 41.7 Å². The van der Waals surface area contributed by atoms with Crippen LogP contribution in [-0.2, 0) is 34.9 Å². The molecule has 0 bridgehead atoms. The smallest absolute Gasteiger partial charge is 0.311 e. The van der Waals surface area contributed by atoms with Crippen molar-refractivity contribution in [3.63, 3.8) is 0 Å². The number of aliphatic hydroxyl groups is 6. The minimum atomic E-state index is -1.83. The second-order valence-electron chi connectivity index (χ2n) is 24.4. The van der Waals surface area contributed by atoms with Crippen molar-refractivity contribution in [2.75, 3.05) is 61.0 Å². The number of hydrogen-bond donors (Lipinski definition) is 6. The van der Waals surface area contributed by atoms with Crippen molar-refractivity contribution in [1.82, 2.24) is 29.7 Å². The Bertz CT molecular complexity index is 2230. The number of benzene rings is 1. The van der Waals surface area contributed by atoms with Gasteiger partial charge in [-0.15, -0.1) is 5.10 Å². The fraction of sp³-hybridized carbons (Fsp3) is 0.807. The molecule has 4 aliphatic rings. The van der Waals surface area contributed by atoms with Gasteiger partial charge in [0.25, 0.3) is 0 Å². The van der Waals surface area contributed by atoms with Gasteiger partial charge in [0.05, 0.1) is 59.9 Å². The molecule has 436 valence electrons. The highest BCUT2D eigenvalue weighted by Crippen LogP contribution is 2.42. The van der Waals surface area contributed by atoms with Crippen molar-refractivity contribution in [2.24, 2.45) is 28.8 Å². The third kappa shape index (κ3) is 14.6. The molecule has 4 heterocycles. The van der Waals surface area contributed by atoms with Gasteiger partial charge in [-0.3, -0.25) is 4.79 Å². The van der Waals surface area contributed by atoms with Crippen LogP contribution in [0.1, 0.15) is 137 Å². The lowest BCUT2D eigenvalue weighted by Crippen LogP contribution is -2.60. The van der Waals surface area contributed by atoms with Crippen LogP contribution in [-0.4, -0.2) is 211 Å². The van der Waals surface area contributed by atoms with Crippen LogP contribution >= 0.6 is 0 Å². The normalized spacial score (nSPS) is 39.5. The lowest BCUT2D eigenvalue weighted by molar-refractivity contribution is -0.302. The predicted molar refractivity (Wildman–Crippen MR) is 291 cm³/mol. The molecule has 20 heteroatoms. The summed E-state index contributed by atoms with van der Waals surface area (Å²) >= 11 is 0. The first-order valence-electron chi connectivity index (χ1n) is 28.1. The molecule has 6 N–H and O–H groups in total. The maximum Gasteiger partial charge on any atom is 0.311 e. The summed E-state index contributed by atoms with van der Waals surface area (Å²) in [6.45, 7) is 20.3. The number of ether oxygens (including phenoxy) is 5. The van der Waals surface area contributed by atoms with E-state index in [9.17, 15) is 40.3 Å². The minimum absolute atomic E-state index is 0.189. The van der Waals surface area contributed by atoms with Crippen LogP contribution < -0.4 is 0 Å². The third-order valence-corrected chi connectivity index (χ3v) is 17.8. The Morgan fingerprint density at radius 3 is 2.29 bits per heavy atom. The summed E-state index contributed by atoms with van der Waals surface area (Å²) in [5.74, 6) is -2.88. The van der Waals surface area contributed by atoms with Gasteiger partial charge in [-0.25, -0.2) is 4.68 Å². The van der Waals surface area contributed by atoms with Gasteiger partial charge >= 0.3 is 5.97 Å². The Hall–Kier alpha value is -3.35. The second-order valence-corrected chi connectivity index (χ2v) is 24.4. The molecule has 1 saturated carbocycles. The van der Waals surface area contributed by atoms with Gasteiger partial charge in [0, 0.05) is 70.3 Å². The van der Waals surface area contributed by atoms with E-state index in [1.54, 1.807) is 41.0 Å². The topological polar surface area (TPSA) is 254 Å². The summed E-state index contributed by atoms with van der Waals surface area (Å²) in [4.78, 5) is 33.2. The second kappa shape index (κ2) is 26.5. The van der Waals surface area contributed by atoms with E-state index in [1.165, 1.54) is 17.2 Å². The van der Waals surface area contributed by atoms with Gasteiger partial charge in [-0.05, 0) is 123 Å². The number of likely N-dealkylation sites (N-methyl/N-ethyl adjacent to an activating group) is 3. The van der Waals surface area contributed by atoms with Crippen LogP contribution in [0, 0.1) is 28.6 Å². The molecule has 0 amide bonds. The van der Waals surface area contributed by atoms with E-state index in [-0.39, 0.29) is 24.7 Å². The first-order valence-corrected chi connectivity index (χ1v) is 28.1. The maximum absolute atomic E-state index is 14.6. The Labute approximate surface area is 457 Å². The standard InChI is InChI=1S/C57H95N7O13/c1-15-46-57(10,71)51(68)38(7)63(13)29-33(2)27-55(8,70)52(36(5)49(37(6)53(69)76-46)75-43-25-34(3)50(67)56(9,28-43)73-14)77-54-48(66)44(26-35(4)74-54)62(12)24-22-42-31-64(60-58-42)45(32-65)47(59-72)40-20-18-39(19-21-40)41-17-16-23-61(11)30-41/h17-21,31,33-38,43-52,54,65-68,70-71H,15-16,22-30,32H2,1-14H3/t33-,34?,35?,36+,37?,38?,43-,44?,45-,46-,47?,48-,49+,50+,51?,52-,54?,55-,56-,57-/m1/s1. The summed E-state index contributed by atoms with van der Waals surface area (Å²) in [7, 11) is 7.38. The molecule has 2 saturated heterocycles. The summed E-state index contributed by atoms with van der Waals surface area (Å²) in [6, 6.07) is 4.95. The molecular formula is C57H95N7O13. The zero-order valence-electron chi connectivity index (χ0n) is 48.4. The average molecular weight is 1090 g/mol. The molecule has 77 heavy (non-hydrogen) atoms. The zero-order valence-corrected chi connectivity index (χ0v) is 48.4. The fourth-order valence-electron chi connectivity index (χ4n) is 12.9. The molecule has 3 aliphatic heterocycles. The molecule has 0 radical (unpaired) electrons. The number of esters is 1. The molecule has 2 aromatic rings. The highest BCUT2D eigenvalue weighted by atomic mass is 16.7. The number of carbonyl (C=O) groups excluding carboxylic acids is 1. The van der Waals surface area contributed by atoms with Crippen LogP contribution in [0.2, 0.25) is 0 Å². The molecule has 20 nitrogen and oxygen atoms in total. The molecule has 1 aromatic heterocycles. The molecule has 20 atom stereocenters. The molecule has 3 fully saturated rings. The number of aromatic nitrogens is 3. The predicted octanol–water partition coefficient (Wildman–Crippen LogP) is 4.53. The third-order valence-electron chi connectivity index (χ3n) is 17.8. The number of cyclic esters (lactones) is 1. The number of methoxy groups -OCH3 is 1. The van der Waals surface area contributed by atoms with Crippen molar-refractivity contribution in [3.8, 4) is 0 Å². The summed E-state index contributed by atoms with van der Waals surface area (Å²) in [5.41, 5.74) is -0.854. The molecular weight excluding hydrogens is 991 g/mol. The molecule has 1 aromatic carbocycles. The van der Waals surface area contributed by atoms with Crippen LogP contribution in [0.25, 0.3) is 5.57 Å². The van der Waals surface area contributed by atoms with Gasteiger partial charge < -0.3 is 69.0 Å². The van der Waals surface area contributed by atoms with Crippen molar-refractivity contribution in [3.05, 3.63) is 58.3 Å². The fourth-order valence-corrected chi connectivity index (χ4v) is 12.9. The lowest BCUT2D eigenvalue weighted by atomic mass is 9.74. The van der Waals surface area contributed by atoms with Crippen molar-refractivity contribution >= 4 is 11.5 Å². The first kappa shape index (κ1) is 62.8. The number of nitroso groups, excluding NO2 is 1. The van der Waals surface area contributed by atoms with Gasteiger partial charge in [0.2, 0.25) is 0 Å². The Kier molecular flexibility index (Phi) is 21.6. The van der Waals surface area contributed by atoms with Gasteiger partial charge in [-0.1, -0.05) is 68.4 Å². The SMILES string of the molecule is CC[C@H]1OC(=O)C(C)[C@@H](O[C@@H]2CC(C)[C@H](O)[C@](C)(OC)C2)[C@H](C)[C@@H](OC2OC(C)CC(N(C)CCc3cn([C@H](CO)C(N=O)c4ccc(C5=CCCN(C)C5)cc4)nn3)[C@H]2O)[C@](C)(O)C[C@@H](C)CN(C)C(C)C(O)[C@]1(C)O. The number of rotatable bonds is 16. The quantitative estimate of drug-likeness (QED) is 0.0998. The molecule has 8 unspecified atom stereocenters. The highest BCUT2D eigenvalue weighted by molar-refractivity contribution is 5.73. The zero-order chi connectivity index (χ0) is 56.9. The van der Waals surface area contributed by atoms with Crippen molar-refractivity contribution < 1.29 is 59.1 Å². The Balaban J connectivity index is 1.25. The van der Waals surface area contributed by atoms with Crippen LogP contribution in [0.5, 0.6) is 0 Å². The molecule has 0 spiro atoms. The lowest BCUT2D eigenvalue weighted by Gasteiger charge is -2.49. The average Bonchev–Trinajstić information content (AvgIpc) is 3.87. The van der Waals surface area contributed by atoms with E-state index >= 15 is 0 Å². The number of aliphatic hydroxyl groups excluding tert-OH is 4. The van der Waals surface area contributed by atoms with Gasteiger partial charge in [-0.2, -0.15) is 4.91 Å². The van der Waals surface area contributed by atoms with E-state index in [0.717, 1.165) is 25.1 Å². The summed E-state index contributed by atoms with van der Waals surface area (Å²) in [5, 5.41) is 82.9. The largest absolute Gasteiger partial charge is 0.459 e. The molecule has 6 rings (SSSR count). The Morgan fingerprint density at radius 2 is 1.66 bits per heavy atom.